The van der Waals surface area contributed by atoms with Crippen LogP contribution in [-0.2, 0) is 17.8 Å². The molecule has 0 spiro atoms. The molecule has 6 heteroatoms. The highest BCUT2D eigenvalue weighted by atomic mass is 32.1. The molecule has 0 aliphatic carbocycles. The van der Waals surface area contributed by atoms with Gasteiger partial charge in [0.1, 0.15) is 6.54 Å². The molecule has 94 valence electrons. The molecule has 0 atom stereocenters. The first-order valence-electron chi connectivity index (χ1n) is 5.88. The largest absolute Gasteiger partial charge is 0.339 e. The number of nitrogens with one attached hydrogen (secondary N) is 1. The number of carbonyl (C=O) groups is 1. The molecule has 0 bridgehead atoms. The van der Waals surface area contributed by atoms with Gasteiger partial charge in [-0.15, -0.1) is 0 Å². The quantitative estimate of drug-likeness (QED) is 0.821. The van der Waals surface area contributed by atoms with Crippen molar-refractivity contribution in [2.45, 2.75) is 19.9 Å². The summed E-state index contributed by atoms with van der Waals surface area (Å²) in [7, 11) is 0. The minimum atomic E-state index is -0.0367. The Hall–Kier alpha value is -1.14. The Kier molecular flexibility index (Phi) is 3.96. The second-order valence-electron chi connectivity index (χ2n) is 4.08. The average Bonchev–Trinajstić information content (AvgIpc) is 2.71. The van der Waals surface area contributed by atoms with Crippen molar-refractivity contribution in [3.05, 3.63) is 20.7 Å². The molecular weight excluding hydrogens is 238 g/mol. The number of hydrogen-bond donors (Lipinski definition) is 1. The zero-order valence-corrected chi connectivity index (χ0v) is 10.8. The van der Waals surface area contributed by atoms with Gasteiger partial charge in [-0.25, -0.2) is 0 Å². The lowest BCUT2D eigenvalue weighted by atomic mass is 10.3. The standard InChI is InChI=1S/C11H17N3O2S/c1-2-9-7-14(11(16)17-9)8-10(15)13-5-3-12-4-6-13/h7,12H,2-6,8H2,1H3. The van der Waals surface area contributed by atoms with E-state index in [-0.39, 0.29) is 17.3 Å². The van der Waals surface area contributed by atoms with E-state index in [4.69, 9.17) is 0 Å². The maximum absolute atomic E-state index is 12.0. The van der Waals surface area contributed by atoms with Crippen LogP contribution in [0.25, 0.3) is 0 Å². The monoisotopic (exact) mass is 255 g/mol. The molecular formula is C11H17N3O2S. The van der Waals surface area contributed by atoms with Gasteiger partial charge < -0.3 is 10.2 Å². The third kappa shape index (κ3) is 2.95. The molecule has 1 amide bonds. The lowest BCUT2D eigenvalue weighted by Crippen LogP contribution is -2.47. The fourth-order valence-electron chi connectivity index (χ4n) is 1.86. The Morgan fingerprint density at radius 2 is 2.18 bits per heavy atom. The van der Waals surface area contributed by atoms with Crippen LogP contribution in [0.4, 0.5) is 0 Å². The zero-order valence-electron chi connectivity index (χ0n) is 9.94. The minimum Gasteiger partial charge on any atom is -0.339 e. The molecule has 0 aromatic carbocycles. The first-order valence-corrected chi connectivity index (χ1v) is 6.70. The number of aryl methyl sites for hydroxylation is 1. The summed E-state index contributed by atoms with van der Waals surface area (Å²) in [6.07, 6.45) is 2.64. The van der Waals surface area contributed by atoms with E-state index in [2.05, 4.69) is 5.32 Å². The number of piperazine rings is 1. The maximum Gasteiger partial charge on any atom is 0.307 e. The van der Waals surface area contributed by atoms with E-state index in [1.165, 1.54) is 15.9 Å². The predicted molar refractivity (Wildman–Crippen MR) is 67.4 cm³/mol. The average molecular weight is 255 g/mol. The first-order chi connectivity index (χ1) is 8.20. The molecule has 2 rings (SSSR count). The Labute approximate surface area is 104 Å². The number of carbonyl (C=O) groups excluding carboxylic acids is 1. The number of rotatable bonds is 3. The van der Waals surface area contributed by atoms with Crippen LogP contribution in [0.15, 0.2) is 11.0 Å². The van der Waals surface area contributed by atoms with Gasteiger partial charge in [0.15, 0.2) is 0 Å². The fraction of sp³-hybridized carbons (Fsp3) is 0.636. The van der Waals surface area contributed by atoms with Crippen molar-refractivity contribution in [2.24, 2.45) is 0 Å². The van der Waals surface area contributed by atoms with E-state index in [1.54, 1.807) is 6.20 Å². The van der Waals surface area contributed by atoms with Gasteiger partial charge in [0, 0.05) is 37.3 Å². The topological polar surface area (TPSA) is 54.3 Å². The van der Waals surface area contributed by atoms with Gasteiger partial charge in [-0.1, -0.05) is 18.3 Å². The molecule has 1 fully saturated rings. The summed E-state index contributed by atoms with van der Waals surface area (Å²) >= 11 is 1.23. The van der Waals surface area contributed by atoms with E-state index in [0.717, 1.165) is 37.5 Å². The van der Waals surface area contributed by atoms with Crippen molar-refractivity contribution >= 4 is 17.2 Å². The lowest BCUT2D eigenvalue weighted by Gasteiger charge is -2.27. The summed E-state index contributed by atoms with van der Waals surface area (Å²) < 4.78 is 1.52. The van der Waals surface area contributed by atoms with E-state index in [1.807, 2.05) is 11.8 Å². The van der Waals surface area contributed by atoms with Crippen LogP contribution in [0, 0.1) is 0 Å². The van der Waals surface area contributed by atoms with Crippen molar-refractivity contribution in [3.63, 3.8) is 0 Å². The summed E-state index contributed by atoms with van der Waals surface area (Å²) in [6, 6.07) is 0. The van der Waals surface area contributed by atoms with Crippen molar-refractivity contribution < 1.29 is 4.79 Å². The molecule has 2 heterocycles. The van der Waals surface area contributed by atoms with Crippen molar-refractivity contribution in [1.82, 2.24) is 14.8 Å². The van der Waals surface area contributed by atoms with Gasteiger partial charge in [0.25, 0.3) is 0 Å². The number of amides is 1. The normalized spacial score (nSPS) is 16.2. The van der Waals surface area contributed by atoms with Gasteiger partial charge >= 0.3 is 4.87 Å². The highest BCUT2D eigenvalue weighted by Crippen LogP contribution is 2.05. The van der Waals surface area contributed by atoms with E-state index >= 15 is 0 Å². The third-order valence-corrected chi connectivity index (χ3v) is 3.94. The number of hydrogen-bond acceptors (Lipinski definition) is 4. The lowest BCUT2D eigenvalue weighted by molar-refractivity contribution is -0.132. The van der Waals surface area contributed by atoms with Gasteiger partial charge in [-0.2, -0.15) is 0 Å². The number of nitrogens with zero attached hydrogens (tertiary/aromatic N) is 2. The summed E-state index contributed by atoms with van der Waals surface area (Å²) in [5.74, 6) is 0.0362. The van der Waals surface area contributed by atoms with Crippen LogP contribution in [0.1, 0.15) is 11.8 Å². The van der Waals surface area contributed by atoms with Crippen molar-refractivity contribution in [2.75, 3.05) is 26.2 Å². The molecule has 1 aromatic heterocycles. The Morgan fingerprint density at radius 1 is 1.47 bits per heavy atom. The van der Waals surface area contributed by atoms with E-state index in [9.17, 15) is 9.59 Å². The SMILES string of the molecule is CCc1cn(CC(=O)N2CCNCC2)c(=O)s1. The highest BCUT2D eigenvalue weighted by Gasteiger charge is 2.17. The molecule has 17 heavy (non-hydrogen) atoms. The van der Waals surface area contributed by atoms with Crippen LogP contribution >= 0.6 is 11.3 Å². The van der Waals surface area contributed by atoms with Crippen LogP contribution in [0.3, 0.4) is 0 Å². The molecule has 5 nitrogen and oxygen atoms in total. The first kappa shape index (κ1) is 12.3. The van der Waals surface area contributed by atoms with Crippen molar-refractivity contribution in [3.8, 4) is 0 Å². The Bertz CT molecular complexity index is 446. The summed E-state index contributed by atoms with van der Waals surface area (Å²) in [5.41, 5.74) is 0. The van der Waals surface area contributed by atoms with Crippen LogP contribution in [0.5, 0.6) is 0 Å². The van der Waals surface area contributed by atoms with Crippen LogP contribution in [-0.4, -0.2) is 41.6 Å². The van der Waals surface area contributed by atoms with Gasteiger partial charge in [-0.05, 0) is 6.42 Å². The predicted octanol–water partition coefficient (Wildman–Crippen LogP) is -0.0960. The summed E-state index contributed by atoms with van der Waals surface area (Å²) in [5, 5.41) is 3.20. The molecule has 0 unspecified atom stereocenters. The molecule has 1 saturated heterocycles. The minimum absolute atomic E-state index is 0.0362. The van der Waals surface area contributed by atoms with Crippen LogP contribution < -0.4 is 10.2 Å². The molecule has 1 N–H and O–H groups in total. The maximum atomic E-state index is 12.0. The molecule has 0 saturated carbocycles. The highest BCUT2D eigenvalue weighted by molar-refractivity contribution is 7.09. The van der Waals surface area contributed by atoms with Crippen molar-refractivity contribution in [1.29, 1.82) is 0 Å². The smallest absolute Gasteiger partial charge is 0.307 e. The molecule has 1 aromatic rings. The fourth-order valence-corrected chi connectivity index (χ4v) is 2.64. The molecule has 1 aliphatic heterocycles. The third-order valence-electron chi connectivity index (χ3n) is 2.88. The Balaban J connectivity index is 2.01. The molecule has 0 radical (unpaired) electrons. The number of thiazole rings is 1. The van der Waals surface area contributed by atoms with Crippen LogP contribution in [0.2, 0.25) is 0 Å². The second kappa shape index (κ2) is 5.46. The van der Waals surface area contributed by atoms with Gasteiger partial charge in [0.2, 0.25) is 5.91 Å². The zero-order chi connectivity index (χ0) is 12.3. The summed E-state index contributed by atoms with van der Waals surface area (Å²) in [4.78, 5) is 26.4. The summed E-state index contributed by atoms with van der Waals surface area (Å²) in [6.45, 7) is 5.33. The van der Waals surface area contributed by atoms with Gasteiger partial charge in [-0.3, -0.25) is 14.2 Å². The van der Waals surface area contributed by atoms with Gasteiger partial charge in [0.05, 0.1) is 0 Å². The second-order valence-corrected chi connectivity index (χ2v) is 5.15. The Morgan fingerprint density at radius 3 is 2.76 bits per heavy atom. The van der Waals surface area contributed by atoms with E-state index < -0.39 is 0 Å². The van der Waals surface area contributed by atoms with E-state index in [0.29, 0.717) is 0 Å². The number of aromatic nitrogens is 1. The molecule has 1 aliphatic rings.